The van der Waals surface area contributed by atoms with Crippen LogP contribution in [0.4, 0.5) is 0 Å². The van der Waals surface area contributed by atoms with Gasteiger partial charge in [0.15, 0.2) is 0 Å². The minimum atomic E-state index is -3.50. The number of likely N-dealkylation sites (N-methyl/N-ethyl adjacent to an activating group) is 1. The minimum Gasteiger partial charge on any atom is -0.350 e. The molecule has 0 spiro atoms. The first-order chi connectivity index (χ1) is 13.8. The molecule has 0 atom stereocenters. The molecule has 0 saturated carbocycles. The first-order valence-corrected chi connectivity index (χ1v) is 12.0. The van der Waals surface area contributed by atoms with Crippen molar-refractivity contribution < 1.29 is 13.2 Å². The molecular formula is C20H35N5O3S. The Morgan fingerprint density at radius 2 is 1.83 bits per heavy atom. The molecule has 9 heteroatoms. The molecule has 3 heterocycles. The number of aromatic nitrogens is 1. The summed E-state index contributed by atoms with van der Waals surface area (Å²) in [5.74, 6) is 0.271. The normalized spacial score (nSPS) is 19.9. The highest BCUT2D eigenvalue weighted by Crippen LogP contribution is 2.23. The second kappa shape index (κ2) is 9.59. The number of carbonyl (C=O) groups excluding carboxylic acids is 1. The topological polar surface area (TPSA) is 77.9 Å². The van der Waals surface area contributed by atoms with Gasteiger partial charge in [-0.2, -0.15) is 4.31 Å². The number of aryl methyl sites for hydroxylation is 1. The van der Waals surface area contributed by atoms with Crippen LogP contribution in [0.15, 0.2) is 17.2 Å². The average molecular weight is 426 g/mol. The molecule has 2 aliphatic heterocycles. The van der Waals surface area contributed by atoms with Gasteiger partial charge in [-0.1, -0.05) is 0 Å². The fraction of sp³-hybridized carbons (Fsp3) is 0.750. The van der Waals surface area contributed by atoms with E-state index in [9.17, 15) is 13.2 Å². The van der Waals surface area contributed by atoms with Crippen LogP contribution >= 0.6 is 0 Å². The molecule has 2 aliphatic rings. The maximum atomic E-state index is 12.7. The van der Waals surface area contributed by atoms with Crippen LogP contribution in [0.5, 0.6) is 0 Å². The Morgan fingerprint density at radius 1 is 1.17 bits per heavy atom. The van der Waals surface area contributed by atoms with Gasteiger partial charge in [0.2, 0.25) is 10.0 Å². The number of sulfonamides is 1. The summed E-state index contributed by atoms with van der Waals surface area (Å²) in [6, 6.07) is 1.51. The summed E-state index contributed by atoms with van der Waals surface area (Å²) in [5, 5.41) is 3.01. The Bertz CT molecular complexity index is 791. The zero-order valence-electron chi connectivity index (χ0n) is 17.9. The Morgan fingerprint density at radius 3 is 2.45 bits per heavy atom. The van der Waals surface area contributed by atoms with Crippen molar-refractivity contribution in [1.82, 2.24) is 24.0 Å². The van der Waals surface area contributed by atoms with Crippen LogP contribution in [0.3, 0.4) is 0 Å². The second-order valence-electron chi connectivity index (χ2n) is 8.58. The van der Waals surface area contributed by atoms with Crippen LogP contribution < -0.4 is 5.32 Å². The zero-order chi connectivity index (χ0) is 21.0. The molecule has 1 N–H and O–H groups in total. The molecule has 0 bridgehead atoms. The van der Waals surface area contributed by atoms with Crippen molar-refractivity contribution in [2.75, 3.05) is 59.9 Å². The molecule has 3 rings (SSSR count). The third-order valence-electron chi connectivity index (χ3n) is 6.04. The van der Waals surface area contributed by atoms with E-state index in [1.54, 1.807) is 17.8 Å². The highest BCUT2D eigenvalue weighted by atomic mass is 32.2. The number of carbonyl (C=O) groups is 1. The summed E-state index contributed by atoms with van der Waals surface area (Å²) in [4.78, 5) is 17.5. The van der Waals surface area contributed by atoms with Gasteiger partial charge in [0, 0.05) is 46.0 Å². The Hall–Kier alpha value is -1.42. The van der Waals surface area contributed by atoms with Crippen molar-refractivity contribution in [2.24, 2.45) is 13.0 Å². The molecule has 1 aromatic rings. The summed E-state index contributed by atoms with van der Waals surface area (Å²) >= 11 is 0. The van der Waals surface area contributed by atoms with Crippen molar-refractivity contribution in [3.63, 3.8) is 0 Å². The monoisotopic (exact) mass is 425 g/mol. The van der Waals surface area contributed by atoms with Gasteiger partial charge in [0.25, 0.3) is 5.91 Å². The maximum absolute atomic E-state index is 12.7. The van der Waals surface area contributed by atoms with E-state index in [-0.39, 0.29) is 10.8 Å². The lowest BCUT2D eigenvalue weighted by molar-refractivity contribution is 0.0927. The fourth-order valence-corrected chi connectivity index (χ4v) is 5.65. The van der Waals surface area contributed by atoms with Gasteiger partial charge in [-0.15, -0.1) is 0 Å². The van der Waals surface area contributed by atoms with Gasteiger partial charge >= 0.3 is 0 Å². The van der Waals surface area contributed by atoms with Crippen molar-refractivity contribution in [3.05, 3.63) is 18.0 Å². The molecular weight excluding hydrogens is 390 g/mol. The minimum absolute atomic E-state index is 0.203. The van der Waals surface area contributed by atoms with Gasteiger partial charge in [-0.3, -0.25) is 4.79 Å². The quantitative estimate of drug-likeness (QED) is 0.667. The third-order valence-corrected chi connectivity index (χ3v) is 7.90. The Balaban J connectivity index is 1.51. The van der Waals surface area contributed by atoms with Gasteiger partial charge in [-0.05, 0) is 64.9 Å². The lowest BCUT2D eigenvalue weighted by Crippen LogP contribution is -2.41. The molecule has 0 unspecified atom stereocenters. The number of amides is 1. The Kier molecular flexibility index (Phi) is 7.37. The van der Waals surface area contributed by atoms with Crippen LogP contribution in [-0.2, 0) is 17.1 Å². The SMILES string of the molecule is CN(C)CCN1CCC(CNC(=O)c2cc(S(=O)(=O)N3CCCC3)cn2C)CC1. The molecule has 2 fully saturated rings. The summed E-state index contributed by atoms with van der Waals surface area (Å²) in [6.45, 7) is 6.05. The summed E-state index contributed by atoms with van der Waals surface area (Å²) in [6.07, 6.45) is 5.50. The van der Waals surface area contributed by atoms with E-state index in [0.29, 0.717) is 31.2 Å². The van der Waals surface area contributed by atoms with E-state index in [0.717, 1.165) is 51.9 Å². The molecule has 0 radical (unpaired) electrons. The lowest BCUT2D eigenvalue weighted by Gasteiger charge is -2.32. The number of rotatable bonds is 8. The van der Waals surface area contributed by atoms with E-state index in [1.807, 2.05) is 0 Å². The molecule has 1 aromatic heterocycles. The molecule has 0 aromatic carbocycles. The number of piperidine rings is 1. The third kappa shape index (κ3) is 5.59. The predicted octanol–water partition coefficient (Wildman–Crippen LogP) is 0.813. The summed E-state index contributed by atoms with van der Waals surface area (Å²) in [5.41, 5.74) is 0.395. The van der Waals surface area contributed by atoms with Crippen LogP contribution in [0.1, 0.15) is 36.2 Å². The number of hydrogen-bond acceptors (Lipinski definition) is 5. The Labute approximate surface area is 174 Å². The van der Waals surface area contributed by atoms with Crippen LogP contribution in [-0.4, -0.2) is 92.9 Å². The van der Waals surface area contributed by atoms with Crippen molar-refractivity contribution in [3.8, 4) is 0 Å². The standard InChI is InChI=1S/C20H35N5O3S/c1-22(2)12-13-24-10-6-17(7-11-24)15-21-20(26)19-14-18(16-23(19)3)29(27,28)25-8-4-5-9-25/h14,16-17H,4-13,15H2,1-3H3,(H,21,26). The van der Waals surface area contributed by atoms with Crippen LogP contribution in [0.25, 0.3) is 0 Å². The first-order valence-electron chi connectivity index (χ1n) is 10.6. The van der Waals surface area contributed by atoms with Gasteiger partial charge in [0.1, 0.15) is 10.6 Å². The molecule has 8 nitrogen and oxygen atoms in total. The van der Waals surface area contributed by atoms with E-state index in [4.69, 9.17) is 0 Å². The maximum Gasteiger partial charge on any atom is 0.267 e. The molecule has 1 amide bonds. The number of hydrogen-bond donors (Lipinski definition) is 1. The van der Waals surface area contributed by atoms with Crippen LogP contribution in [0.2, 0.25) is 0 Å². The number of nitrogens with zero attached hydrogens (tertiary/aromatic N) is 4. The number of likely N-dealkylation sites (tertiary alicyclic amines) is 1. The van der Waals surface area contributed by atoms with E-state index < -0.39 is 10.0 Å². The van der Waals surface area contributed by atoms with E-state index >= 15 is 0 Å². The van der Waals surface area contributed by atoms with Gasteiger partial charge in [-0.25, -0.2) is 8.42 Å². The van der Waals surface area contributed by atoms with Crippen molar-refractivity contribution in [2.45, 2.75) is 30.6 Å². The largest absolute Gasteiger partial charge is 0.350 e. The average Bonchev–Trinajstić information content (AvgIpc) is 3.36. The highest BCUT2D eigenvalue weighted by molar-refractivity contribution is 7.89. The van der Waals surface area contributed by atoms with E-state index in [2.05, 4.69) is 29.2 Å². The second-order valence-corrected chi connectivity index (χ2v) is 10.5. The van der Waals surface area contributed by atoms with Crippen LogP contribution in [0, 0.1) is 5.92 Å². The molecule has 2 saturated heterocycles. The van der Waals surface area contributed by atoms with Gasteiger partial charge < -0.3 is 19.7 Å². The summed E-state index contributed by atoms with van der Waals surface area (Å²) in [7, 11) is 2.40. The zero-order valence-corrected chi connectivity index (χ0v) is 18.7. The summed E-state index contributed by atoms with van der Waals surface area (Å²) < 4.78 is 28.6. The smallest absolute Gasteiger partial charge is 0.267 e. The number of nitrogens with one attached hydrogen (secondary N) is 1. The van der Waals surface area contributed by atoms with Gasteiger partial charge in [0.05, 0.1) is 0 Å². The first kappa shape index (κ1) is 22.3. The molecule has 29 heavy (non-hydrogen) atoms. The highest BCUT2D eigenvalue weighted by Gasteiger charge is 2.29. The van der Waals surface area contributed by atoms with Crippen molar-refractivity contribution >= 4 is 15.9 Å². The predicted molar refractivity (Wildman–Crippen MR) is 113 cm³/mol. The lowest BCUT2D eigenvalue weighted by atomic mass is 9.97. The van der Waals surface area contributed by atoms with E-state index in [1.165, 1.54) is 10.4 Å². The van der Waals surface area contributed by atoms with Crippen molar-refractivity contribution in [1.29, 1.82) is 0 Å². The molecule has 164 valence electrons. The molecule has 0 aliphatic carbocycles. The fourth-order valence-electron chi connectivity index (χ4n) is 4.06.